The van der Waals surface area contributed by atoms with Crippen LogP contribution in [-0.4, -0.2) is 30.7 Å². The molecule has 0 aromatic heterocycles. The summed E-state index contributed by atoms with van der Waals surface area (Å²) >= 11 is 5.66. The van der Waals surface area contributed by atoms with Gasteiger partial charge in [-0.1, -0.05) is 17.7 Å². The number of amides is 1. The molecule has 1 aliphatic carbocycles. The van der Waals surface area contributed by atoms with Gasteiger partial charge in [0.1, 0.15) is 0 Å². The second kappa shape index (κ2) is 4.74. The van der Waals surface area contributed by atoms with Gasteiger partial charge in [-0.25, -0.2) is 4.39 Å². The van der Waals surface area contributed by atoms with Crippen molar-refractivity contribution in [2.75, 3.05) is 6.61 Å². The van der Waals surface area contributed by atoms with Gasteiger partial charge in [0.2, 0.25) is 0 Å². The van der Waals surface area contributed by atoms with E-state index >= 15 is 0 Å². The highest BCUT2D eigenvalue weighted by atomic mass is 35.5. The summed E-state index contributed by atoms with van der Waals surface area (Å²) in [4.78, 5) is 12.0. The predicted molar refractivity (Wildman–Crippen MR) is 68.5 cm³/mol. The molecule has 3 N–H and O–H groups in total. The Bertz CT molecular complexity index is 525. The number of carbonyl (C=O) groups excluding carboxylic acids is 1. The standard InChI is InChI=1S/C13H14ClFN2O2/c14-8-3-1-2-6(9(8)15)13(18)17-11-10(16)7-4-5-19-12(7)11/h1-3,7,10-12H,4-5,16H2,(H,17,18). The summed E-state index contributed by atoms with van der Waals surface area (Å²) in [7, 11) is 0. The molecule has 1 heterocycles. The van der Waals surface area contributed by atoms with E-state index in [1.165, 1.54) is 18.2 Å². The first-order chi connectivity index (χ1) is 9.09. The smallest absolute Gasteiger partial charge is 0.254 e. The normalized spacial score (nSPS) is 32.6. The maximum Gasteiger partial charge on any atom is 0.254 e. The van der Waals surface area contributed by atoms with Crippen molar-refractivity contribution in [1.29, 1.82) is 0 Å². The summed E-state index contributed by atoms with van der Waals surface area (Å²) in [5.41, 5.74) is 5.92. The SMILES string of the molecule is NC1C2CCOC2C1NC(=O)c1cccc(Cl)c1F. The Morgan fingerprint density at radius 2 is 2.32 bits per heavy atom. The summed E-state index contributed by atoms with van der Waals surface area (Å²) in [6.07, 6.45) is 0.880. The number of carbonyl (C=O) groups is 1. The van der Waals surface area contributed by atoms with Gasteiger partial charge >= 0.3 is 0 Å². The van der Waals surface area contributed by atoms with E-state index in [9.17, 15) is 9.18 Å². The van der Waals surface area contributed by atoms with Crippen LogP contribution in [0.4, 0.5) is 4.39 Å². The molecule has 1 saturated carbocycles. The molecule has 1 amide bonds. The first-order valence-electron chi connectivity index (χ1n) is 6.21. The number of fused-ring (bicyclic) bond motifs is 1. The first-order valence-corrected chi connectivity index (χ1v) is 6.59. The number of halogens is 2. The average molecular weight is 285 g/mol. The zero-order chi connectivity index (χ0) is 13.6. The minimum atomic E-state index is -0.710. The van der Waals surface area contributed by atoms with Crippen LogP contribution in [0.5, 0.6) is 0 Å². The third kappa shape index (κ3) is 2.02. The van der Waals surface area contributed by atoms with Crippen molar-refractivity contribution in [3.63, 3.8) is 0 Å². The predicted octanol–water partition coefficient (Wildman–Crippen LogP) is 1.32. The number of nitrogens with one attached hydrogen (secondary N) is 1. The maximum atomic E-state index is 13.7. The largest absolute Gasteiger partial charge is 0.376 e. The Kier molecular flexibility index (Phi) is 3.20. The van der Waals surface area contributed by atoms with E-state index in [-0.39, 0.29) is 28.8 Å². The lowest BCUT2D eigenvalue weighted by atomic mass is 9.72. The third-order valence-electron chi connectivity index (χ3n) is 3.94. The third-order valence-corrected chi connectivity index (χ3v) is 4.23. The average Bonchev–Trinajstić information content (AvgIpc) is 2.83. The van der Waals surface area contributed by atoms with Gasteiger partial charge in [-0.15, -0.1) is 0 Å². The lowest BCUT2D eigenvalue weighted by molar-refractivity contribution is -0.0161. The van der Waals surface area contributed by atoms with Crippen LogP contribution < -0.4 is 11.1 Å². The number of hydrogen-bond acceptors (Lipinski definition) is 3. The molecule has 3 rings (SSSR count). The van der Waals surface area contributed by atoms with Crippen LogP contribution in [0.25, 0.3) is 0 Å². The first kappa shape index (κ1) is 12.8. The minimum Gasteiger partial charge on any atom is -0.376 e. The van der Waals surface area contributed by atoms with Crippen LogP contribution in [-0.2, 0) is 4.74 Å². The zero-order valence-electron chi connectivity index (χ0n) is 10.1. The second-order valence-corrected chi connectivity index (χ2v) is 5.37. The monoisotopic (exact) mass is 284 g/mol. The van der Waals surface area contributed by atoms with Crippen molar-refractivity contribution >= 4 is 17.5 Å². The second-order valence-electron chi connectivity index (χ2n) is 4.97. The van der Waals surface area contributed by atoms with E-state index in [1.54, 1.807) is 0 Å². The van der Waals surface area contributed by atoms with Crippen LogP contribution in [0.1, 0.15) is 16.8 Å². The van der Waals surface area contributed by atoms with Crippen molar-refractivity contribution in [2.45, 2.75) is 24.6 Å². The highest BCUT2D eigenvalue weighted by molar-refractivity contribution is 6.31. The molecule has 0 radical (unpaired) electrons. The van der Waals surface area contributed by atoms with E-state index in [0.29, 0.717) is 12.5 Å². The number of nitrogens with two attached hydrogens (primary N) is 1. The lowest BCUT2D eigenvalue weighted by Gasteiger charge is -2.45. The van der Waals surface area contributed by atoms with Gasteiger partial charge < -0.3 is 15.8 Å². The maximum absolute atomic E-state index is 13.7. The van der Waals surface area contributed by atoms with Crippen LogP contribution >= 0.6 is 11.6 Å². The van der Waals surface area contributed by atoms with E-state index < -0.39 is 11.7 Å². The fourth-order valence-electron chi connectivity index (χ4n) is 2.84. The molecule has 4 unspecified atom stereocenters. The molecule has 4 nitrogen and oxygen atoms in total. The van der Waals surface area contributed by atoms with Crippen molar-refractivity contribution in [3.05, 3.63) is 34.6 Å². The fraction of sp³-hybridized carbons (Fsp3) is 0.462. The van der Waals surface area contributed by atoms with Gasteiger partial charge in [0, 0.05) is 18.6 Å². The Balaban J connectivity index is 1.73. The number of rotatable bonds is 2. The topological polar surface area (TPSA) is 64.3 Å². The molecule has 0 spiro atoms. The molecule has 19 heavy (non-hydrogen) atoms. The van der Waals surface area contributed by atoms with Crippen LogP contribution in [0, 0.1) is 11.7 Å². The van der Waals surface area contributed by atoms with Gasteiger partial charge in [-0.05, 0) is 18.6 Å². The minimum absolute atomic E-state index is 0.0406. The lowest BCUT2D eigenvalue weighted by Crippen LogP contribution is -2.69. The summed E-state index contributed by atoms with van der Waals surface area (Å²) in [5, 5.41) is 2.67. The molecule has 1 aromatic carbocycles. The molecule has 6 heteroatoms. The zero-order valence-corrected chi connectivity index (χ0v) is 10.9. The summed E-state index contributed by atoms with van der Waals surface area (Å²) in [5.74, 6) is -0.914. The summed E-state index contributed by atoms with van der Waals surface area (Å²) in [6, 6.07) is 3.96. The fourth-order valence-corrected chi connectivity index (χ4v) is 3.01. The van der Waals surface area contributed by atoms with E-state index in [2.05, 4.69) is 5.32 Å². The molecular weight excluding hydrogens is 271 g/mol. The Hall–Kier alpha value is -1.17. The molecule has 4 atom stereocenters. The molecule has 2 aliphatic rings. The highest BCUT2D eigenvalue weighted by Gasteiger charge is 2.52. The summed E-state index contributed by atoms with van der Waals surface area (Å²) < 4.78 is 19.2. The van der Waals surface area contributed by atoms with Crippen molar-refractivity contribution in [2.24, 2.45) is 11.7 Å². The molecular formula is C13H14ClFN2O2. The van der Waals surface area contributed by atoms with Crippen molar-refractivity contribution in [1.82, 2.24) is 5.32 Å². The van der Waals surface area contributed by atoms with Gasteiger partial charge in [0.05, 0.1) is 22.7 Å². The van der Waals surface area contributed by atoms with Gasteiger partial charge in [0.25, 0.3) is 5.91 Å². The molecule has 1 aromatic rings. The van der Waals surface area contributed by atoms with Crippen LogP contribution in [0.3, 0.4) is 0 Å². The molecule has 1 aliphatic heterocycles. The Morgan fingerprint density at radius 1 is 1.53 bits per heavy atom. The van der Waals surface area contributed by atoms with Crippen molar-refractivity contribution < 1.29 is 13.9 Å². The Morgan fingerprint density at radius 3 is 3.11 bits per heavy atom. The van der Waals surface area contributed by atoms with Crippen LogP contribution in [0.2, 0.25) is 5.02 Å². The van der Waals surface area contributed by atoms with E-state index in [4.69, 9.17) is 22.1 Å². The highest BCUT2D eigenvalue weighted by Crippen LogP contribution is 2.37. The number of benzene rings is 1. The summed E-state index contributed by atoms with van der Waals surface area (Å²) in [6.45, 7) is 0.668. The van der Waals surface area contributed by atoms with Gasteiger partial charge in [0.15, 0.2) is 5.82 Å². The van der Waals surface area contributed by atoms with Crippen molar-refractivity contribution in [3.8, 4) is 0 Å². The molecule has 2 fully saturated rings. The molecule has 0 bridgehead atoms. The van der Waals surface area contributed by atoms with E-state index in [0.717, 1.165) is 6.42 Å². The quantitative estimate of drug-likeness (QED) is 0.861. The van der Waals surface area contributed by atoms with E-state index in [1.807, 2.05) is 0 Å². The molecule has 102 valence electrons. The molecule has 1 saturated heterocycles. The van der Waals surface area contributed by atoms with Crippen LogP contribution in [0.15, 0.2) is 18.2 Å². The van der Waals surface area contributed by atoms with Gasteiger partial charge in [-0.3, -0.25) is 4.79 Å². The number of hydrogen-bond donors (Lipinski definition) is 2. The van der Waals surface area contributed by atoms with Gasteiger partial charge in [-0.2, -0.15) is 0 Å². The Labute approximate surface area is 115 Å². The number of ether oxygens (including phenoxy) is 1.